The molecule has 2 saturated heterocycles. The van der Waals surface area contributed by atoms with Crippen LogP contribution >= 0.6 is 0 Å². The fraction of sp³-hybridized carbons (Fsp3) is 0.435. The van der Waals surface area contributed by atoms with Crippen molar-refractivity contribution >= 4 is 17.4 Å². The smallest absolute Gasteiger partial charge is 0.280 e. The molecule has 5 heterocycles. The Bertz CT molecular complexity index is 1250. The van der Waals surface area contributed by atoms with E-state index in [1.807, 2.05) is 6.92 Å². The molecule has 0 atom stereocenters. The second kappa shape index (κ2) is 7.44. The van der Waals surface area contributed by atoms with Gasteiger partial charge >= 0.3 is 0 Å². The Morgan fingerprint density at radius 3 is 2.67 bits per heavy atom. The zero-order chi connectivity index (χ0) is 23.5. The summed E-state index contributed by atoms with van der Waals surface area (Å²) in [7, 11) is 0. The lowest BCUT2D eigenvalue weighted by molar-refractivity contribution is 0.0150. The molecule has 2 bridgehead atoms. The molecule has 33 heavy (non-hydrogen) atoms. The van der Waals surface area contributed by atoms with Crippen molar-refractivity contribution in [3.05, 3.63) is 53.4 Å². The fourth-order valence-corrected chi connectivity index (χ4v) is 4.86. The predicted molar refractivity (Wildman–Crippen MR) is 113 cm³/mol. The number of fused-ring (bicyclic) bond motifs is 2. The summed E-state index contributed by atoms with van der Waals surface area (Å²) in [6, 6.07) is 5.44. The van der Waals surface area contributed by atoms with Crippen molar-refractivity contribution in [1.29, 1.82) is 0 Å². The summed E-state index contributed by atoms with van der Waals surface area (Å²) in [6.45, 7) is 5.99. The molecule has 174 valence electrons. The maximum absolute atomic E-state index is 15.5. The minimum Gasteiger partial charge on any atom is -0.490 e. The monoisotopic (exact) mass is 460 g/mol. The number of carbonyl (C=O) groups excluding carboxylic acids is 1. The quantitative estimate of drug-likeness (QED) is 0.579. The third-order valence-corrected chi connectivity index (χ3v) is 6.13. The molecule has 0 unspecified atom stereocenters. The summed E-state index contributed by atoms with van der Waals surface area (Å²) in [6.07, 6.45) is -0.350. The predicted octanol–water partition coefficient (Wildman–Crippen LogP) is 4.67. The Labute approximate surface area is 187 Å². The van der Waals surface area contributed by atoms with Gasteiger partial charge < -0.3 is 14.8 Å². The van der Waals surface area contributed by atoms with Gasteiger partial charge in [-0.25, -0.2) is 18.7 Å². The normalized spacial score (nSPS) is 23.9. The van der Waals surface area contributed by atoms with Gasteiger partial charge in [0.05, 0.1) is 23.9 Å². The number of nitrogens with zero attached hydrogens (tertiary/aromatic N) is 3. The van der Waals surface area contributed by atoms with Crippen molar-refractivity contribution in [2.45, 2.75) is 57.2 Å². The lowest BCUT2D eigenvalue weighted by atomic mass is 9.62. The molecule has 1 amide bonds. The van der Waals surface area contributed by atoms with Gasteiger partial charge in [-0.2, -0.15) is 4.39 Å². The van der Waals surface area contributed by atoms with Gasteiger partial charge in [0.15, 0.2) is 0 Å². The minimum absolute atomic E-state index is 0.0296. The zero-order valence-corrected chi connectivity index (χ0v) is 18.4. The molecule has 3 aromatic rings. The third-order valence-electron chi connectivity index (χ3n) is 6.13. The average Bonchev–Trinajstić information content (AvgIpc) is 3.36. The first-order chi connectivity index (χ1) is 15.6. The van der Waals surface area contributed by atoms with Crippen molar-refractivity contribution in [2.75, 3.05) is 11.9 Å². The number of hydrogen-bond donors (Lipinski definition) is 1. The number of hydrogen-bond acceptors (Lipinski definition) is 5. The fourth-order valence-electron chi connectivity index (χ4n) is 4.86. The molecule has 3 aliphatic rings. The summed E-state index contributed by atoms with van der Waals surface area (Å²) in [5.74, 6) is -1.06. The molecule has 1 N–H and O–H groups in total. The first-order valence-corrected chi connectivity index (χ1v) is 10.7. The van der Waals surface area contributed by atoms with Gasteiger partial charge in [-0.1, -0.05) is 6.07 Å². The van der Waals surface area contributed by atoms with Crippen molar-refractivity contribution in [1.82, 2.24) is 14.4 Å². The number of imidazole rings is 1. The summed E-state index contributed by atoms with van der Waals surface area (Å²) >= 11 is 0. The molecule has 0 radical (unpaired) electrons. The van der Waals surface area contributed by atoms with E-state index in [1.165, 1.54) is 34.9 Å². The van der Waals surface area contributed by atoms with E-state index in [0.717, 1.165) is 0 Å². The number of amides is 1. The number of nitrogens with one attached hydrogen (secondary N) is 1. The molecule has 0 aromatic carbocycles. The molecule has 6 rings (SSSR count). The van der Waals surface area contributed by atoms with Crippen molar-refractivity contribution < 1.29 is 27.4 Å². The highest BCUT2D eigenvalue weighted by atomic mass is 19.3. The Hall–Kier alpha value is -3.14. The number of halogens is 3. The van der Waals surface area contributed by atoms with E-state index in [1.54, 1.807) is 13.8 Å². The molecule has 1 saturated carbocycles. The second-order valence-electron chi connectivity index (χ2n) is 9.27. The van der Waals surface area contributed by atoms with Crippen LogP contribution < -0.4 is 10.1 Å². The van der Waals surface area contributed by atoms with Crippen LogP contribution in [-0.2, 0) is 10.2 Å². The van der Waals surface area contributed by atoms with Crippen LogP contribution in [0.15, 0.2) is 30.5 Å². The van der Waals surface area contributed by atoms with Crippen molar-refractivity contribution in [3.8, 4) is 5.75 Å². The van der Waals surface area contributed by atoms with Crippen LogP contribution in [0.5, 0.6) is 5.75 Å². The van der Waals surface area contributed by atoms with Crippen LogP contribution in [0.25, 0.3) is 5.65 Å². The minimum atomic E-state index is -2.77. The number of aromatic nitrogens is 3. The van der Waals surface area contributed by atoms with Gasteiger partial charge in [0.2, 0.25) is 5.95 Å². The highest BCUT2D eigenvalue weighted by molar-refractivity contribution is 6.05. The number of carbonyl (C=O) groups is 1. The first kappa shape index (κ1) is 21.7. The van der Waals surface area contributed by atoms with Gasteiger partial charge in [-0.15, -0.1) is 0 Å². The van der Waals surface area contributed by atoms with Crippen molar-refractivity contribution in [3.63, 3.8) is 0 Å². The Kier molecular flexibility index (Phi) is 4.89. The number of pyridine rings is 2. The van der Waals surface area contributed by atoms with Crippen LogP contribution in [0, 0.1) is 5.95 Å². The topological polar surface area (TPSA) is 77.8 Å². The van der Waals surface area contributed by atoms with Gasteiger partial charge in [0.1, 0.15) is 28.6 Å². The van der Waals surface area contributed by atoms with E-state index in [-0.39, 0.29) is 28.8 Å². The van der Waals surface area contributed by atoms with E-state index in [0.29, 0.717) is 30.8 Å². The standard InChI is InChI=1S/C23H23F3N4O3/c1-12(2)33-15-7-17-29-18(23-9-22(3,10-23)32-11-23)20(26)30(17)8-13(15)21(31)28-16-6-4-5-14(27-16)19(24)25/h4-8,12,19H,9-11H2,1-3H3,(H,27,28,31). The molecule has 3 aromatic heterocycles. The molecule has 3 fully saturated rings. The third kappa shape index (κ3) is 3.62. The van der Waals surface area contributed by atoms with Crippen LogP contribution in [0.2, 0.25) is 0 Å². The van der Waals surface area contributed by atoms with E-state index < -0.39 is 29.4 Å². The number of anilines is 1. The van der Waals surface area contributed by atoms with Gasteiger partial charge in [-0.05, 0) is 45.7 Å². The Balaban J connectivity index is 1.53. The summed E-state index contributed by atoms with van der Waals surface area (Å²) in [4.78, 5) is 21.3. The molecular weight excluding hydrogens is 437 g/mol. The van der Waals surface area contributed by atoms with E-state index in [9.17, 15) is 13.6 Å². The van der Waals surface area contributed by atoms with E-state index in [4.69, 9.17) is 9.47 Å². The van der Waals surface area contributed by atoms with Gasteiger partial charge in [-0.3, -0.25) is 9.20 Å². The van der Waals surface area contributed by atoms with Gasteiger partial charge in [0.25, 0.3) is 12.3 Å². The first-order valence-electron chi connectivity index (χ1n) is 10.7. The lowest BCUT2D eigenvalue weighted by Crippen LogP contribution is -2.45. The van der Waals surface area contributed by atoms with Crippen LogP contribution in [0.3, 0.4) is 0 Å². The second-order valence-corrected chi connectivity index (χ2v) is 9.27. The number of ether oxygens (including phenoxy) is 2. The number of rotatable bonds is 6. The lowest BCUT2D eigenvalue weighted by Gasteiger charge is -2.41. The molecule has 1 aliphatic carbocycles. The van der Waals surface area contributed by atoms with E-state index in [2.05, 4.69) is 15.3 Å². The van der Waals surface area contributed by atoms with Crippen LogP contribution in [0.4, 0.5) is 19.0 Å². The van der Waals surface area contributed by atoms with E-state index >= 15 is 4.39 Å². The molecule has 0 spiro atoms. The summed E-state index contributed by atoms with van der Waals surface area (Å²) < 4.78 is 54.2. The van der Waals surface area contributed by atoms with Crippen LogP contribution in [-0.4, -0.2) is 38.6 Å². The number of alkyl halides is 2. The Morgan fingerprint density at radius 2 is 2.03 bits per heavy atom. The SMILES string of the molecule is CC(C)Oc1cc2nc(C34COC(C)(C3)C4)c(F)n2cc1C(=O)Nc1cccc(C(F)F)n1. The molecular formula is C23H23F3N4O3. The highest BCUT2D eigenvalue weighted by Gasteiger charge is 2.62. The van der Waals surface area contributed by atoms with Crippen molar-refractivity contribution in [2.24, 2.45) is 0 Å². The van der Waals surface area contributed by atoms with Crippen LogP contribution in [0.1, 0.15) is 61.8 Å². The van der Waals surface area contributed by atoms with Gasteiger partial charge in [0, 0.05) is 17.7 Å². The summed E-state index contributed by atoms with van der Waals surface area (Å²) in [5.41, 5.74) is -0.510. The zero-order valence-electron chi connectivity index (χ0n) is 18.4. The highest BCUT2D eigenvalue weighted by Crippen LogP contribution is 2.58. The largest absolute Gasteiger partial charge is 0.490 e. The average molecular weight is 460 g/mol. The summed E-state index contributed by atoms with van der Waals surface area (Å²) in [5, 5.41) is 2.49. The maximum Gasteiger partial charge on any atom is 0.280 e. The Morgan fingerprint density at radius 1 is 1.27 bits per heavy atom. The maximum atomic E-state index is 15.5. The molecule has 7 nitrogen and oxygen atoms in total. The molecule has 2 aliphatic heterocycles. The molecule has 10 heteroatoms.